The normalized spacial score (nSPS) is 13.8. The molecular formula is C11H18. The highest BCUT2D eigenvalue weighted by molar-refractivity contribution is 5.25. The smallest absolute Gasteiger partial charge is 0.0463 e. The van der Waals surface area contributed by atoms with Crippen molar-refractivity contribution in [2.24, 2.45) is 5.41 Å². The van der Waals surface area contributed by atoms with Gasteiger partial charge in [0.2, 0.25) is 0 Å². The van der Waals surface area contributed by atoms with Gasteiger partial charge in [0.15, 0.2) is 0 Å². The van der Waals surface area contributed by atoms with Crippen LogP contribution in [0.25, 0.3) is 0 Å². The monoisotopic (exact) mass is 150 g/mol. The third kappa shape index (κ3) is 2.42. The number of rotatable bonds is 2. The highest BCUT2D eigenvalue weighted by Crippen LogP contribution is 2.28. The zero-order chi connectivity index (χ0) is 9.07. The van der Waals surface area contributed by atoms with Gasteiger partial charge in [-0.3, -0.25) is 0 Å². The van der Waals surface area contributed by atoms with Gasteiger partial charge in [0.1, 0.15) is 0 Å². The van der Waals surface area contributed by atoms with Gasteiger partial charge < -0.3 is 0 Å². The van der Waals surface area contributed by atoms with Crippen LogP contribution in [0.3, 0.4) is 0 Å². The Kier molecular flexibility index (Phi) is 3.39. The molecule has 0 nitrogen and oxygen atoms in total. The molecule has 0 aliphatic carbocycles. The van der Waals surface area contributed by atoms with E-state index in [-0.39, 0.29) is 5.41 Å². The van der Waals surface area contributed by atoms with Crippen molar-refractivity contribution in [1.82, 2.24) is 0 Å². The minimum Gasteiger partial charge on any atom is -0.119 e. The van der Waals surface area contributed by atoms with Gasteiger partial charge in [0.25, 0.3) is 0 Å². The molecule has 0 aromatic heterocycles. The Balaban J connectivity index is 4.76. The molecule has 62 valence electrons. The van der Waals surface area contributed by atoms with Crippen molar-refractivity contribution >= 4 is 0 Å². The van der Waals surface area contributed by atoms with E-state index in [1.165, 1.54) is 11.1 Å². The Labute approximate surface area is 70.7 Å². The molecule has 0 unspecified atom stereocenters. The summed E-state index contributed by atoms with van der Waals surface area (Å²) in [5.74, 6) is 2.80. The van der Waals surface area contributed by atoms with E-state index in [0.29, 0.717) is 0 Å². The van der Waals surface area contributed by atoms with Crippen molar-refractivity contribution < 1.29 is 0 Å². The summed E-state index contributed by atoms with van der Waals surface area (Å²) < 4.78 is 0. The molecule has 0 spiro atoms. The van der Waals surface area contributed by atoms with E-state index >= 15 is 0 Å². The van der Waals surface area contributed by atoms with E-state index in [2.05, 4.69) is 40.5 Å². The Bertz CT molecular complexity index is 199. The molecular weight excluding hydrogens is 132 g/mol. The van der Waals surface area contributed by atoms with E-state index in [9.17, 15) is 0 Å². The maximum absolute atomic E-state index is 5.42. The van der Waals surface area contributed by atoms with Gasteiger partial charge in [0, 0.05) is 5.41 Å². The third-order valence-corrected chi connectivity index (χ3v) is 2.47. The third-order valence-electron chi connectivity index (χ3n) is 2.47. The van der Waals surface area contributed by atoms with Gasteiger partial charge in [-0.2, -0.15) is 0 Å². The van der Waals surface area contributed by atoms with Crippen molar-refractivity contribution in [3.63, 3.8) is 0 Å². The topological polar surface area (TPSA) is 0 Å². The van der Waals surface area contributed by atoms with Gasteiger partial charge in [0.05, 0.1) is 0 Å². The first-order valence-corrected chi connectivity index (χ1v) is 4.10. The lowest BCUT2D eigenvalue weighted by Gasteiger charge is -2.21. The lowest BCUT2D eigenvalue weighted by molar-refractivity contribution is 0.596. The molecule has 0 rings (SSSR count). The van der Waals surface area contributed by atoms with Crippen LogP contribution in [0.15, 0.2) is 11.1 Å². The molecule has 0 bridgehead atoms. The van der Waals surface area contributed by atoms with Crippen molar-refractivity contribution in [1.29, 1.82) is 0 Å². The van der Waals surface area contributed by atoms with Gasteiger partial charge in [-0.25, -0.2) is 0 Å². The van der Waals surface area contributed by atoms with E-state index in [1.54, 1.807) is 0 Å². The molecule has 11 heavy (non-hydrogen) atoms. The summed E-state index contributed by atoms with van der Waals surface area (Å²) in [6.45, 7) is 10.6. The van der Waals surface area contributed by atoms with Crippen LogP contribution in [0.2, 0.25) is 0 Å². The average Bonchev–Trinajstić information content (AvgIpc) is 2.01. The predicted molar refractivity (Wildman–Crippen MR) is 51.3 cm³/mol. The van der Waals surface area contributed by atoms with Crippen LogP contribution in [0.5, 0.6) is 0 Å². The van der Waals surface area contributed by atoms with Crippen LogP contribution in [0.4, 0.5) is 0 Å². The Hall–Kier alpha value is -0.700. The molecule has 0 aromatic rings. The lowest BCUT2D eigenvalue weighted by atomic mass is 9.83. The molecule has 0 aromatic carbocycles. The fourth-order valence-corrected chi connectivity index (χ4v) is 0.907. The van der Waals surface area contributed by atoms with Crippen molar-refractivity contribution in [2.45, 2.75) is 41.0 Å². The molecule has 0 amide bonds. The largest absolute Gasteiger partial charge is 0.119 e. The van der Waals surface area contributed by atoms with Gasteiger partial charge >= 0.3 is 0 Å². The van der Waals surface area contributed by atoms with Gasteiger partial charge in [-0.1, -0.05) is 24.0 Å². The predicted octanol–water partition coefficient (Wildman–Crippen LogP) is 3.39. The van der Waals surface area contributed by atoms with Gasteiger partial charge in [-0.05, 0) is 34.1 Å². The maximum Gasteiger partial charge on any atom is 0.0463 e. The SMILES string of the molecule is C#CC(C)(C)C(C)=C(C)CC. The standard InChI is InChI=1S/C11H18/c1-7-9(3)10(4)11(5,6)8-2/h2H,7H2,1,3-6H3. The quantitative estimate of drug-likeness (QED) is 0.418. The van der Waals surface area contributed by atoms with Gasteiger partial charge in [-0.15, -0.1) is 6.42 Å². The molecule has 0 aliphatic rings. The second-order valence-corrected chi connectivity index (χ2v) is 3.53. The number of allylic oxidation sites excluding steroid dienone is 2. The first-order chi connectivity index (χ1) is 4.95. The molecule has 0 aliphatic heterocycles. The van der Waals surface area contributed by atoms with Crippen LogP contribution >= 0.6 is 0 Å². The molecule has 0 fully saturated rings. The van der Waals surface area contributed by atoms with Crippen LogP contribution in [0.1, 0.15) is 41.0 Å². The number of terminal acetylenes is 1. The molecule has 0 saturated carbocycles. The minimum atomic E-state index is -0.0694. The molecule has 0 heteroatoms. The number of hydrogen-bond acceptors (Lipinski definition) is 0. The summed E-state index contributed by atoms with van der Waals surface area (Å²) in [4.78, 5) is 0. The second-order valence-electron chi connectivity index (χ2n) is 3.53. The first kappa shape index (κ1) is 10.3. The van der Waals surface area contributed by atoms with Crippen molar-refractivity contribution in [2.75, 3.05) is 0 Å². The van der Waals surface area contributed by atoms with Crippen LogP contribution in [0, 0.1) is 17.8 Å². The Morgan fingerprint density at radius 2 is 1.82 bits per heavy atom. The summed E-state index contributed by atoms with van der Waals surface area (Å²) in [7, 11) is 0. The van der Waals surface area contributed by atoms with Crippen LogP contribution in [-0.2, 0) is 0 Å². The Morgan fingerprint density at radius 1 is 1.36 bits per heavy atom. The van der Waals surface area contributed by atoms with E-state index in [4.69, 9.17) is 6.42 Å². The van der Waals surface area contributed by atoms with Crippen molar-refractivity contribution in [3.05, 3.63) is 11.1 Å². The second kappa shape index (κ2) is 3.62. The summed E-state index contributed by atoms with van der Waals surface area (Å²) in [5, 5.41) is 0. The summed E-state index contributed by atoms with van der Waals surface area (Å²) in [6, 6.07) is 0. The fraction of sp³-hybridized carbons (Fsp3) is 0.636. The first-order valence-electron chi connectivity index (χ1n) is 4.10. The number of hydrogen-bond donors (Lipinski definition) is 0. The summed E-state index contributed by atoms with van der Waals surface area (Å²) in [6.07, 6.45) is 6.51. The molecule has 0 N–H and O–H groups in total. The zero-order valence-electron chi connectivity index (χ0n) is 8.28. The van der Waals surface area contributed by atoms with E-state index in [1.807, 2.05) is 0 Å². The van der Waals surface area contributed by atoms with Crippen molar-refractivity contribution in [3.8, 4) is 12.3 Å². The fourth-order valence-electron chi connectivity index (χ4n) is 0.907. The highest BCUT2D eigenvalue weighted by Gasteiger charge is 2.17. The minimum absolute atomic E-state index is 0.0694. The van der Waals surface area contributed by atoms with E-state index in [0.717, 1.165) is 6.42 Å². The zero-order valence-corrected chi connectivity index (χ0v) is 8.28. The average molecular weight is 150 g/mol. The molecule has 0 atom stereocenters. The van der Waals surface area contributed by atoms with E-state index < -0.39 is 0 Å². The highest BCUT2D eigenvalue weighted by atomic mass is 14.2. The summed E-state index contributed by atoms with van der Waals surface area (Å²) >= 11 is 0. The van der Waals surface area contributed by atoms with Crippen LogP contribution < -0.4 is 0 Å². The summed E-state index contributed by atoms with van der Waals surface area (Å²) in [5.41, 5.74) is 2.68. The molecule has 0 radical (unpaired) electrons. The lowest BCUT2D eigenvalue weighted by Crippen LogP contribution is -2.10. The molecule has 0 saturated heterocycles. The van der Waals surface area contributed by atoms with Crippen LogP contribution in [-0.4, -0.2) is 0 Å². The maximum atomic E-state index is 5.42. The Morgan fingerprint density at radius 3 is 2.09 bits per heavy atom. The molecule has 0 heterocycles.